The molecule has 0 spiro atoms. The lowest BCUT2D eigenvalue weighted by Crippen LogP contribution is -2.44. The van der Waals surface area contributed by atoms with Gasteiger partial charge in [0.15, 0.2) is 0 Å². The van der Waals surface area contributed by atoms with Crippen LogP contribution in [0.3, 0.4) is 0 Å². The fourth-order valence-corrected chi connectivity index (χ4v) is 3.80. The Hall–Kier alpha value is -3.68. The summed E-state index contributed by atoms with van der Waals surface area (Å²) < 4.78 is 5.16. The Bertz CT molecular complexity index is 1010. The molecule has 3 rings (SSSR count). The van der Waals surface area contributed by atoms with E-state index >= 15 is 0 Å². The van der Waals surface area contributed by atoms with E-state index in [1.165, 1.54) is 0 Å². The van der Waals surface area contributed by atoms with Crippen LogP contribution in [0.5, 0.6) is 0 Å². The highest BCUT2D eigenvalue weighted by Gasteiger charge is 2.52. The Morgan fingerprint density at radius 2 is 1.70 bits per heavy atom. The maximum absolute atomic E-state index is 13.3. The van der Waals surface area contributed by atoms with E-state index in [9.17, 15) is 19.2 Å². The van der Waals surface area contributed by atoms with E-state index < -0.39 is 35.9 Å². The maximum atomic E-state index is 13.3. The first-order chi connectivity index (χ1) is 15.9. The number of esters is 1. The zero-order valence-electron chi connectivity index (χ0n) is 18.9. The summed E-state index contributed by atoms with van der Waals surface area (Å²) in [6.07, 6.45) is 2.83. The average Bonchev–Trinajstić information content (AvgIpc) is 3.05. The number of benzene rings is 2. The third-order valence-corrected chi connectivity index (χ3v) is 5.50. The lowest BCUT2D eigenvalue weighted by molar-refractivity contribution is -0.134. The molecule has 0 radical (unpaired) electrons. The van der Waals surface area contributed by atoms with Gasteiger partial charge in [0.1, 0.15) is 12.1 Å². The number of hydrogen-bond acceptors (Lipinski definition) is 5. The molecule has 0 bridgehead atoms. The van der Waals surface area contributed by atoms with Crippen molar-refractivity contribution in [2.24, 2.45) is 0 Å². The van der Waals surface area contributed by atoms with Gasteiger partial charge >= 0.3 is 12.0 Å². The number of urea groups is 1. The number of nitrogens with zero attached hydrogens (tertiary/aromatic N) is 1. The van der Waals surface area contributed by atoms with Crippen molar-refractivity contribution < 1.29 is 23.9 Å². The molecule has 4 amide bonds. The summed E-state index contributed by atoms with van der Waals surface area (Å²) in [5, 5.41) is 5.46. The van der Waals surface area contributed by atoms with Crippen molar-refractivity contribution >= 4 is 29.5 Å². The van der Waals surface area contributed by atoms with Crippen LogP contribution in [0.2, 0.25) is 0 Å². The number of imide groups is 1. The van der Waals surface area contributed by atoms with Crippen molar-refractivity contribution in [3.63, 3.8) is 0 Å². The highest BCUT2D eigenvalue weighted by atomic mass is 16.5. The van der Waals surface area contributed by atoms with E-state index in [-0.39, 0.29) is 0 Å². The molecule has 1 unspecified atom stereocenters. The Balaban J connectivity index is 1.65. The van der Waals surface area contributed by atoms with Gasteiger partial charge in [-0.1, -0.05) is 57.0 Å². The predicted octanol–water partition coefficient (Wildman–Crippen LogP) is 3.83. The minimum atomic E-state index is -1.17. The highest BCUT2D eigenvalue weighted by molar-refractivity contribution is 6.10. The Labute approximate surface area is 193 Å². The van der Waals surface area contributed by atoms with Gasteiger partial charge in [0.25, 0.3) is 5.91 Å². The van der Waals surface area contributed by atoms with Gasteiger partial charge in [-0.3, -0.25) is 14.5 Å². The summed E-state index contributed by atoms with van der Waals surface area (Å²) >= 11 is 0. The second kappa shape index (κ2) is 10.8. The van der Waals surface area contributed by atoms with Crippen molar-refractivity contribution in [3.8, 4) is 0 Å². The third kappa shape index (κ3) is 5.39. The van der Waals surface area contributed by atoms with E-state index in [2.05, 4.69) is 10.6 Å². The number of anilines is 1. The van der Waals surface area contributed by atoms with Gasteiger partial charge < -0.3 is 15.4 Å². The minimum Gasteiger partial charge on any atom is -0.462 e. The molecule has 1 aliphatic heterocycles. The lowest BCUT2D eigenvalue weighted by atomic mass is 9.85. The molecule has 2 aromatic carbocycles. The van der Waals surface area contributed by atoms with Gasteiger partial charge in [-0.25, -0.2) is 9.59 Å². The lowest BCUT2D eigenvalue weighted by Gasteiger charge is -2.26. The van der Waals surface area contributed by atoms with Gasteiger partial charge in [-0.15, -0.1) is 0 Å². The van der Waals surface area contributed by atoms with Crippen LogP contribution in [0, 0.1) is 0 Å². The monoisotopic (exact) mass is 451 g/mol. The smallest absolute Gasteiger partial charge is 0.338 e. The Morgan fingerprint density at radius 1 is 1.00 bits per heavy atom. The van der Waals surface area contributed by atoms with Crippen LogP contribution in [-0.2, 0) is 19.9 Å². The predicted molar refractivity (Wildman–Crippen MR) is 124 cm³/mol. The molecule has 0 aliphatic carbocycles. The second-order valence-corrected chi connectivity index (χ2v) is 7.96. The first-order valence-corrected chi connectivity index (χ1v) is 11.2. The van der Waals surface area contributed by atoms with Crippen molar-refractivity contribution in [1.82, 2.24) is 10.2 Å². The van der Waals surface area contributed by atoms with Crippen LogP contribution in [0.1, 0.15) is 55.5 Å². The van der Waals surface area contributed by atoms with Gasteiger partial charge in [-0.05, 0) is 42.7 Å². The van der Waals surface area contributed by atoms with E-state index in [4.69, 9.17) is 4.74 Å². The van der Waals surface area contributed by atoms with Crippen LogP contribution in [0.25, 0.3) is 0 Å². The quantitative estimate of drug-likeness (QED) is 0.325. The van der Waals surface area contributed by atoms with Crippen molar-refractivity contribution in [3.05, 3.63) is 65.7 Å². The number of rotatable bonds is 10. The van der Waals surface area contributed by atoms with Gasteiger partial charge in [0.05, 0.1) is 12.2 Å². The van der Waals surface area contributed by atoms with E-state index in [1.54, 1.807) is 36.4 Å². The standard InChI is InChI=1S/C25H29N3O5/c1-3-5-16-33-22(30)18-11-13-20(14-12-18)26-21(29)17-28-23(31)25(15-4-2,27-24(28)32)19-9-7-6-8-10-19/h6-14H,3-5,15-17H2,1-2H3,(H,26,29)(H,27,32). The molecule has 8 heteroatoms. The fraction of sp³-hybridized carbons (Fsp3) is 0.360. The van der Waals surface area contributed by atoms with Crippen molar-refractivity contribution in [2.75, 3.05) is 18.5 Å². The summed E-state index contributed by atoms with van der Waals surface area (Å²) in [4.78, 5) is 51.4. The highest BCUT2D eigenvalue weighted by Crippen LogP contribution is 2.33. The molecule has 0 aromatic heterocycles. The largest absolute Gasteiger partial charge is 0.462 e. The second-order valence-electron chi connectivity index (χ2n) is 7.96. The first-order valence-electron chi connectivity index (χ1n) is 11.2. The van der Waals surface area contributed by atoms with Gasteiger partial charge in [0, 0.05) is 5.69 Å². The van der Waals surface area contributed by atoms with Crippen LogP contribution in [-0.4, -0.2) is 41.9 Å². The summed E-state index contributed by atoms with van der Waals surface area (Å²) in [6.45, 7) is 3.89. The number of amides is 4. The molecule has 33 heavy (non-hydrogen) atoms. The zero-order valence-corrected chi connectivity index (χ0v) is 18.9. The first kappa shape index (κ1) is 24.0. The Morgan fingerprint density at radius 3 is 2.33 bits per heavy atom. The van der Waals surface area contributed by atoms with Crippen molar-refractivity contribution in [1.29, 1.82) is 0 Å². The molecule has 1 aliphatic rings. The van der Waals surface area contributed by atoms with E-state index in [0.717, 1.165) is 17.7 Å². The molecular weight excluding hydrogens is 422 g/mol. The van der Waals surface area contributed by atoms with Crippen LogP contribution >= 0.6 is 0 Å². The maximum Gasteiger partial charge on any atom is 0.338 e. The number of hydrogen-bond donors (Lipinski definition) is 2. The van der Waals surface area contributed by atoms with Gasteiger partial charge in [-0.2, -0.15) is 0 Å². The number of carbonyl (C=O) groups excluding carboxylic acids is 4. The topological polar surface area (TPSA) is 105 Å². The normalized spacial score (nSPS) is 17.6. The summed E-state index contributed by atoms with van der Waals surface area (Å²) in [5.41, 5.74) is 0.340. The van der Waals surface area contributed by atoms with Crippen LogP contribution < -0.4 is 10.6 Å². The molecular formula is C25H29N3O5. The molecule has 1 saturated heterocycles. The SMILES string of the molecule is CCCCOC(=O)c1ccc(NC(=O)CN2C(=O)NC(CCC)(c3ccccc3)C2=O)cc1. The number of nitrogens with one attached hydrogen (secondary N) is 2. The summed E-state index contributed by atoms with van der Waals surface area (Å²) in [7, 11) is 0. The number of ether oxygens (including phenoxy) is 1. The number of carbonyl (C=O) groups is 4. The molecule has 1 fully saturated rings. The molecule has 1 heterocycles. The van der Waals surface area contributed by atoms with Crippen LogP contribution in [0.4, 0.5) is 10.5 Å². The summed E-state index contributed by atoms with van der Waals surface area (Å²) in [5.74, 6) is -1.38. The molecule has 2 N–H and O–H groups in total. The van der Waals surface area contributed by atoms with Crippen molar-refractivity contribution in [2.45, 2.75) is 45.1 Å². The Kier molecular flexibility index (Phi) is 7.82. The number of unbranched alkanes of at least 4 members (excludes halogenated alkanes) is 1. The molecule has 0 saturated carbocycles. The van der Waals surface area contributed by atoms with E-state index in [0.29, 0.717) is 36.3 Å². The minimum absolute atomic E-state index is 0.363. The summed E-state index contributed by atoms with van der Waals surface area (Å²) in [6, 6.07) is 14.7. The molecule has 2 aromatic rings. The fourth-order valence-electron chi connectivity index (χ4n) is 3.80. The molecule has 174 valence electrons. The molecule has 1 atom stereocenters. The third-order valence-electron chi connectivity index (χ3n) is 5.50. The zero-order chi connectivity index (χ0) is 23.8. The van der Waals surface area contributed by atoms with Crippen LogP contribution in [0.15, 0.2) is 54.6 Å². The van der Waals surface area contributed by atoms with Gasteiger partial charge in [0.2, 0.25) is 5.91 Å². The molecule has 8 nitrogen and oxygen atoms in total. The van der Waals surface area contributed by atoms with E-state index in [1.807, 2.05) is 32.0 Å². The average molecular weight is 452 g/mol.